The summed E-state index contributed by atoms with van der Waals surface area (Å²) in [6, 6.07) is 0. The first-order valence-electron chi connectivity index (χ1n) is 3.13. The molecule has 0 unspecified atom stereocenters. The van der Waals surface area contributed by atoms with Gasteiger partial charge >= 0.3 is 0 Å². The minimum absolute atomic E-state index is 0.735. The van der Waals surface area contributed by atoms with E-state index in [2.05, 4.69) is 6.58 Å². The van der Waals surface area contributed by atoms with Crippen molar-refractivity contribution in [2.24, 2.45) is 0 Å². The zero-order chi connectivity index (χ0) is 7.40. The maximum absolute atomic E-state index is 5.28. The normalized spacial score (nSPS) is 25.3. The first-order chi connectivity index (χ1) is 4.88. The summed E-state index contributed by atoms with van der Waals surface area (Å²) < 4.78 is 5.28. The lowest BCUT2D eigenvalue weighted by atomic mass is 10.4. The highest BCUT2D eigenvalue weighted by Gasteiger charge is 2.12. The van der Waals surface area contributed by atoms with E-state index < -0.39 is 0 Å². The van der Waals surface area contributed by atoms with Gasteiger partial charge in [0.25, 0.3) is 0 Å². The monoisotopic (exact) mass is 154 g/mol. The standard InChI is InChI=1S/C8H10OS/c1-3-5-8-7(4-2)9-6-10-8/h3-5H,1,6H2,2H3/b7-4+,8-5+. The van der Waals surface area contributed by atoms with E-state index in [0.717, 1.165) is 11.7 Å². The number of hydrogen-bond donors (Lipinski definition) is 0. The second kappa shape index (κ2) is 3.52. The molecule has 1 fully saturated rings. The molecule has 0 radical (unpaired) electrons. The Morgan fingerprint density at radius 1 is 1.70 bits per heavy atom. The maximum atomic E-state index is 5.28. The molecule has 1 saturated heterocycles. The van der Waals surface area contributed by atoms with Gasteiger partial charge in [0.15, 0.2) is 0 Å². The molecule has 0 bridgehead atoms. The summed E-state index contributed by atoms with van der Waals surface area (Å²) >= 11 is 1.70. The van der Waals surface area contributed by atoms with E-state index in [1.54, 1.807) is 17.8 Å². The van der Waals surface area contributed by atoms with Crippen molar-refractivity contribution in [3.8, 4) is 0 Å². The van der Waals surface area contributed by atoms with Crippen molar-refractivity contribution in [1.29, 1.82) is 0 Å². The molecular formula is C8H10OS. The van der Waals surface area contributed by atoms with Crippen LogP contribution in [0.2, 0.25) is 0 Å². The number of thioether (sulfide) groups is 1. The SMILES string of the molecule is C=C/C=C1/SCO/C1=C/C. The van der Waals surface area contributed by atoms with Crippen LogP contribution in [0.3, 0.4) is 0 Å². The van der Waals surface area contributed by atoms with Crippen LogP contribution in [-0.2, 0) is 4.74 Å². The van der Waals surface area contributed by atoms with E-state index in [-0.39, 0.29) is 0 Å². The Labute approximate surface area is 65.5 Å². The molecule has 10 heavy (non-hydrogen) atoms. The quantitative estimate of drug-likeness (QED) is 0.574. The average molecular weight is 154 g/mol. The molecule has 0 amide bonds. The third kappa shape index (κ3) is 1.45. The number of hydrogen-bond acceptors (Lipinski definition) is 2. The third-order valence-electron chi connectivity index (χ3n) is 1.20. The highest BCUT2D eigenvalue weighted by atomic mass is 32.2. The van der Waals surface area contributed by atoms with Gasteiger partial charge in [-0.2, -0.15) is 0 Å². The lowest BCUT2D eigenvalue weighted by Crippen LogP contribution is -1.78. The Balaban J connectivity index is 2.77. The van der Waals surface area contributed by atoms with Crippen LogP contribution in [0.15, 0.2) is 35.5 Å². The minimum Gasteiger partial charge on any atom is -0.482 e. The van der Waals surface area contributed by atoms with Crippen LogP contribution in [0.25, 0.3) is 0 Å². The first kappa shape index (κ1) is 7.48. The molecule has 0 atom stereocenters. The summed E-state index contributed by atoms with van der Waals surface area (Å²) in [5.74, 6) is 1.71. The van der Waals surface area contributed by atoms with Crippen molar-refractivity contribution in [1.82, 2.24) is 0 Å². The summed E-state index contributed by atoms with van der Waals surface area (Å²) in [5.41, 5.74) is 0. The lowest BCUT2D eigenvalue weighted by Gasteiger charge is -1.93. The molecule has 0 saturated carbocycles. The molecule has 1 aliphatic rings. The van der Waals surface area contributed by atoms with E-state index >= 15 is 0 Å². The van der Waals surface area contributed by atoms with Crippen molar-refractivity contribution in [3.63, 3.8) is 0 Å². The van der Waals surface area contributed by atoms with Crippen molar-refractivity contribution < 1.29 is 4.74 Å². The summed E-state index contributed by atoms with van der Waals surface area (Å²) in [6.45, 7) is 5.59. The highest BCUT2D eigenvalue weighted by Crippen LogP contribution is 2.32. The predicted molar refractivity (Wildman–Crippen MR) is 45.6 cm³/mol. The molecule has 54 valence electrons. The molecular weight excluding hydrogens is 144 g/mol. The molecule has 0 N–H and O–H groups in total. The van der Waals surface area contributed by atoms with Gasteiger partial charge in [0, 0.05) is 0 Å². The van der Waals surface area contributed by atoms with E-state index in [1.165, 1.54) is 4.91 Å². The van der Waals surface area contributed by atoms with E-state index in [0.29, 0.717) is 0 Å². The van der Waals surface area contributed by atoms with Crippen LogP contribution in [0.4, 0.5) is 0 Å². The van der Waals surface area contributed by atoms with Crippen LogP contribution in [-0.4, -0.2) is 5.94 Å². The molecule has 0 spiro atoms. The Morgan fingerprint density at radius 3 is 3.10 bits per heavy atom. The fraction of sp³-hybridized carbons (Fsp3) is 0.250. The Bertz CT molecular complexity index is 191. The van der Waals surface area contributed by atoms with Crippen LogP contribution in [0.5, 0.6) is 0 Å². The van der Waals surface area contributed by atoms with E-state index in [4.69, 9.17) is 4.74 Å². The fourth-order valence-corrected chi connectivity index (χ4v) is 1.59. The van der Waals surface area contributed by atoms with Crippen molar-refractivity contribution in [3.05, 3.63) is 35.5 Å². The molecule has 1 rings (SSSR count). The van der Waals surface area contributed by atoms with Crippen LogP contribution >= 0.6 is 11.8 Å². The summed E-state index contributed by atoms with van der Waals surface area (Å²) in [7, 11) is 0. The van der Waals surface area contributed by atoms with Gasteiger partial charge in [-0.15, -0.1) is 0 Å². The molecule has 0 aromatic rings. The van der Waals surface area contributed by atoms with Gasteiger partial charge in [-0.3, -0.25) is 0 Å². The average Bonchev–Trinajstić information content (AvgIpc) is 2.36. The Morgan fingerprint density at radius 2 is 2.50 bits per heavy atom. The Hall–Kier alpha value is -0.630. The molecule has 2 heteroatoms. The van der Waals surface area contributed by atoms with Crippen molar-refractivity contribution in [2.45, 2.75) is 6.92 Å². The third-order valence-corrected chi connectivity index (χ3v) is 2.09. The van der Waals surface area contributed by atoms with Gasteiger partial charge in [-0.05, 0) is 19.1 Å². The highest BCUT2D eigenvalue weighted by molar-refractivity contribution is 8.03. The zero-order valence-electron chi connectivity index (χ0n) is 5.96. The van der Waals surface area contributed by atoms with Gasteiger partial charge in [-0.25, -0.2) is 0 Å². The topological polar surface area (TPSA) is 9.23 Å². The van der Waals surface area contributed by atoms with Crippen molar-refractivity contribution >= 4 is 11.8 Å². The smallest absolute Gasteiger partial charge is 0.138 e. The maximum Gasteiger partial charge on any atom is 0.138 e. The van der Waals surface area contributed by atoms with Gasteiger partial charge in [0.05, 0.1) is 4.91 Å². The minimum atomic E-state index is 0.735. The molecule has 1 nitrogen and oxygen atoms in total. The second-order valence-electron chi connectivity index (χ2n) is 1.83. The van der Waals surface area contributed by atoms with Gasteiger partial charge in [-0.1, -0.05) is 24.4 Å². The number of rotatable bonds is 1. The van der Waals surface area contributed by atoms with Gasteiger partial charge in [0.2, 0.25) is 0 Å². The summed E-state index contributed by atoms with van der Waals surface area (Å²) in [5, 5.41) is 0. The summed E-state index contributed by atoms with van der Waals surface area (Å²) in [6.07, 6.45) is 5.71. The molecule has 0 aliphatic carbocycles. The number of allylic oxidation sites excluding steroid dienone is 3. The van der Waals surface area contributed by atoms with Crippen LogP contribution in [0, 0.1) is 0 Å². The largest absolute Gasteiger partial charge is 0.482 e. The van der Waals surface area contributed by atoms with E-state index in [9.17, 15) is 0 Å². The zero-order valence-corrected chi connectivity index (χ0v) is 6.78. The van der Waals surface area contributed by atoms with Gasteiger partial charge in [0.1, 0.15) is 11.7 Å². The molecule has 0 aromatic carbocycles. The van der Waals surface area contributed by atoms with Crippen LogP contribution in [0.1, 0.15) is 6.92 Å². The van der Waals surface area contributed by atoms with E-state index in [1.807, 2.05) is 19.1 Å². The lowest BCUT2D eigenvalue weighted by molar-refractivity contribution is 0.297. The molecule has 0 aromatic heterocycles. The summed E-state index contributed by atoms with van der Waals surface area (Å²) in [4.78, 5) is 1.18. The van der Waals surface area contributed by atoms with Crippen molar-refractivity contribution in [2.75, 3.05) is 5.94 Å². The second-order valence-corrected chi connectivity index (χ2v) is 2.79. The van der Waals surface area contributed by atoms with Gasteiger partial charge < -0.3 is 4.74 Å². The Kier molecular flexibility index (Phi) is 2.63. The predicted octanol–water partition coefficient (Wildman–Crippen LogP) is 2.68. The molecule has 1 heterocycles. The fourth-order valence-electron chi connectivity index (χ4n) is 0.762. The molecule has 1 aliphatic heterocycles. The van der Waals surface area contributed by atoms with Crippen LogP contribution < -0.4 is 0 Å². The first-order valence-corrected chi connectivity index (χ1v) is 4.12. The number of ether oxygens (including phenoxy) is 1.